The second-order valence-electron chi connectivity index (χ2n) is 7.05. The molecule has 1 aliphatic rings. The quantitative estimate of drug-likeness (QED) is 0.771. The maximum absolute atomic E-state index is 13.1. The second-order valence-corrected chi connectivity index (χ2v) is 7.05. The van der Waals surface area contributed by atoms with Crippen LogP contribution < -0.4 is 4.90 Å². The van der Waals surface area contributed by atoms with Crippen molar-refractivity contribution in [3.05, 3.63) is 24.0 Å². The molecule has 0 radical (unpaired) electrons. The molecule has 0 aliphatic carbocycles. The minimum absolute atomic E-state index is 0.129. The number of piperazine rings is 1. The number of fused-ring (bicyclic) bond motifs is 1. The van der Waals surface area contributed by atoms with E-state index in [4.69, 9.17) is 4.74 Å². The number of nitrogens with zero attached hydrogens (tertiary/aromatic N) is 5. The van der Waals surface area contributed by atoms with Gasteiger partial charge in [0.05, 0.1) is 6.20 Å². The smallest absolute Gasteiger partial charge is 0.433 e. The van der Waals surface area contributed by atoms with Gasteiger partial charge in [-0.15, -0.1) is 0 Å². The van der Waals surface area contributed by atoms with Crippen LogP contribution in [0.4, 0.5) is 23.8 Å². The van der Waals surface area contributed by atoms with Crippen LogP contribution in [0.1, 0.15) is 26.5 Å². The highest BCUT2D eigenvalue weighted by atomic mass is 19.4. The highest BCUT2D eigenvalue weighted by Crippen LogP contribution is 2.31. The van der Waals surface area contributed by atoms with Crippen molar-refractivity contribution in [2.24, 2.45) is 0 Å². The molecule has 0 unspecified atom stereocenters. The molecule has 1 aliphatic heterocycles. The number of amides is 1. The van der Waals surface area contributed by atoms with E-state index < -0.39 is 23.6 Å². The van der Waals surface area contributed by atoms with E-state index in [0.717, 1.165) is 6.07 Å². The van der Waals surface area contributed by atoms with E-state index in [9.17, 15) is 18.0 Å². The van der Waals surface area contributed by atoms with Crippen LogP contribution >= 0.6 is 0 Å². The van der Waals surface area contributed by atoms with Crippen molar-refractivity contribution < 1.29 is 22.7 Å². The lowest BCUT2D eigenvalue weighted by Gasteiger charge is -2.36. The molecule has 0 spiro atoms. The summed E-state index contributed by atoms with van der Waals surface area (Å²) in [6.07, 6.45) is -3.56. The van der Waals surface area contributed by atoms with E-state index in [1.807, 2.05) is 0 Å². The van der Waals surface area contributed by atoms with E-state index in [0.29, 0.717) is 32.0 Å². The summed E-state index contributed by atoms with van der Waals surface area (Å²) in [5.74, 6) is 0.302. The Morgan fingerprint density at radius 1 is 1.15 bits per heavy atom. The Morgan fingerprint density at radius 3 is 2.38 bits per heavy atom. The predicted octanol–water partition coefficient (Wildman–Crippen LogP) is 2.81. The number of anilines is 1. The number of hydrogen-bond acceptors (Lipinski definition) is 5. The summed E-state index contributed by atoms with van der Waals surface area (Å²) in [6, 6.07) is 2.42. The first-order chi connectivity index (χ1) is 12.0. The maximum atomic E-state index is 13.1. The third-order valence-electron chi connectivity index (χ3n) is 3.89. The van der Waals surface area contributed by atoms with Gasteiger partial charge >= 0.3 is 12.3 Å². The molecular formula is C16H20F3N5O2. The van der Waals surface area contributed by atoms with Crippen molar-refractivity contribution in [3.63, 3.8) is 0 Å². The lowest BCUT2D eigenvalue weighted by molar-refractivity contribution is -0.141. The Hall–Kier alpha value is -2.52. The molecule has 10 heteroatoms. The Labute approximate surface area is 148 Å². The lowest BCUT2D eigenvalue weighted by Crippen LogP contribution is -2.50. The first-order valence-electron chi connectivity index (χ1n) is 8.19. The van der Waals surface area contributed by atoms with Crippen LogP contribution in [0.15, 0.2) is 18.3 Å². The standard InChI is InChI=1S/C16H20F3N5O2/c1-15(2,3)26-14(25)23-8-6-22(7-9-23)13-10-11(16(17,18)19)21-12-4-5-20-24(12)13/h4-5,10H,6-9H2,1-3H3. The number of rotatable bonds is 1. The fraction of sp³-hybridized carbons (Fsp3) is 0.562. The summed E-state index contributed by atoms with van der Waals surface area (Å²) in [5, 5.41) is 4.06. The van der Waals surface area contributed by atoms with Crippen molar-refractivity contribution in [2.75, 3.05) is 31.1 Å². The zero-order chi connectivity index (χ0) is 19.1. The monoisotopic (exact) mass is 371 g/mol. The lowest BCUT2D eigenvalue weighted by atomic mass is 10.2. The van der Waals surface area contributed by atoms with Crippen molar-refractivity contribution >= 4 is 17.6 Å². The van der Waals surface area contributed by atoms with Crippen LogP contribution in [0.5, 0.6) is 0 Å². The van der Waals surface area contributed by atoms with Crippen molar-refractivity contribution in [1.82, 2.24) is 19.5 Å². The fourth-order valence-electron chi connectivity index (χ4n) is 2.71. The van der Waals surface area contributed by atoms with Gasteiger partial charge in [0.1, 0.15) is 11.4 Å². The van der Waals surface area contributed by atoms with Gasteiger partial charge in [0, 0.05) is 38.3 Å². The molecule has 0 atom stereocenters. The molecule has 2 aromatic rings. The normalized spacial score (nSPS) is 16.2. The number of carbonyl (C=O) groups is 1. The number of ether oxygens (including phenoxy) is 1. The summed E-state index contributed by atoms with van der Waals surface area (Å²) in [6.45, 7) is 6.79. The first-order valence-corrected chi connectivity index (χ1v) is 8.19. The molecule has 1 fully saturated rings. The minimum Gasteiger partial charge on any atom is -0.444 e. The highest BCUT2D eigenvalue weighted by Gasteiger charge is 2.35. The van der Waals surface area contributed by atoms with Gasteiger partial charge in [-0.05, 0) is 20.8 Å². The van der Waals surface area contributed by atoms with Gasteiger partial charge in [0.15, 0.2) is 11.3 Å². The highest BCUT2D eigenvalue weighted by molar-refractivity contribution is 5.68. The molecule has 3 heterocycles. The second kappa shape index (κ2) is 6.33. The number of halogens is 3. The topological polar surface area (TPSA) is 63.0 Å². The SMILES string of the molecule is CC(C)(C)OC(=O)N1CCN(c2cc(C(F)(F)F)nc3ccnn23)CC1. The third kappa shape index (κ3) is 3.83. The maximum Gasteiger partial charge on any atom is 0.433 e. The van der Waals surface area contributed by atoms with Crippen LogP contribution in [0.3, 0.4) is 0 Å². The average Bonchev–Trinajstić information content (AvgIpc) is 3.00. The molecular weight excluding hydrogens is 351 g/mol. The molecule has 2 aromatic heterocycles. The fourth-order valence-corrected chi connectivity index (χ4v) is 2.71. The van der Waals surface area contributed by atoms with Crippen molar-refractivity contribution in [1.29, 1.82) is 0 Å². The van der Waals surface area contributed by atoms with Crippen molar-refractivity contribution in [2.45, 2.75) is 32.5 Å². The summed E-state index contributed by atoms with van der Waals surface area (Å²) in [7, 11) is 0. The Morgan fingerprint density at radius 2 is 1.81 bits per heavy atom. The number of carbonyl (C=O) groups excluding carboxylic acids is 1. The van der Waals surface area contributed by atoms with E-state index >= 15 is 0 Å². The largest absolute Gasteiger partial charge is 0.444 e. The summed E-state index contributed by atoms with van der Waals surface area (Å²) in [5.41, 5.74) is -1.43. The van der Waals surface area contributed by atoms with E-state index in [1.165, 1.54) is 16.8 Å². The molecule has 0 bridgehead atoms. The van der Waals surface area contributed by atoms with Crippen LogP contribution in [0.25, 0.3) is 5.65 Å². The van der Waals surface area contributed by atoms with Crippen LogP contribution in [0.2, 0.25) is 0 Å². The molecule has 0 aromatic carbocycles. The Bertz CT molecular complexity index is 804. The Kier molecular flexibility index (Phi) is 4.45. The molecule has 0 N–H and O–H groups in total. The number of alkyl halides is 3. The van der Waals surface area contributed by atoms with Gasteiger partial charge in [-0.25, -0.2) is 9.78 Å². The number of aromatic nitrogens is 3. The molecule has 7 nitrogen and oxygen atoms in total. The zero-order valence-electron chi connectivity index (χ0n) is 14.7. The third-order valence-corrected chi connectivity index (χ3v) is 3.89. The first kappa shape index (κ1) is 18.3. The van der Waals surface area contributed by atoms with Crippen LogP contribution in [-0.4, -0.2) is 57.4 Å². The summed E-state index contributed by atoms with van der Waals surface area (Å²) >= 11 is 0. The summed E-state index contributed by atoms with van der Waals surface area (Å²) in [4.78, 5) is 19.0. The van der Waals surface area contributed by atoms with E-state index in [-0.39, 0.29) is 5.65 Å². The van der Waals surface area contributed by atoms with Crippen LogP contribution in [0, 0.1) is 0 Å². The minimum atomic E-state index is -4.54. The van der Waals surface area contributed by atoms with Gasteiger partial charge < -0.3 is 14.5 Å². The van der Waals surface area contributed by atoms with Gasteiger partial charge in [0.25, 0.3) is 0 Å². The van der Waals surface area contributed by atoms with Gasteiger partial charge in [-0.1, -0.05) is 0 Å². The Balaban J connectivity index is 1.79. The van der Waals surface area contributed by atoms with Crippen LogP contribution in [-0.2, 0) is 10.9 Å². The molecule has 26 heavy (non-hydrogen) atoms. The zero-order valence-corrected chi connectivity index (χ0v) is 14.7. The van der Waals surface area contributed by atoms with Gasteiger partial charge in [0.2, 0.25) is 0 Å². The number of hydrogen-bond donors (Lipinski definition) is 0. The van der Waals surface area contributed by atoms with Crippen molar-refractivity contribution in [3.8, 4) is 0 Å². The average molecular weight is 371 g/mol. The summed E-state index contributed by atoms with van der Waals surface area (Å²) < 4.78 is 46.0. The molecule has 1 saturated heterocycles. The van der Waals surface area contributed by atoms with Gasteiger partial charge in [-0.3, -0.25) is 0 Å². The van der Waals surface area contributed by atoms with E-state index in [1.54, 1.807) is 30.6 Å². The predicted molar refractivity (Wildman–Crippen MR) is 88.0 cm³/mol. The van der Waals surface area contributed by atoms with E-state index in [2.05, 4.69) is 10.1 Å². The van der Waals surface area contributed by atoms with Gasteiger partial charge in [-0.2, -0.15) is 22.8 Å². The molecule has 3 rings (SSSR count). The molecule has 1 amide bonds. The molecule has 0 saturated carbocycles. The molecule has 142 valence electrons.